The van der Waals surface area contributed by atoms with Crippen molar-refractivity contribution in [1.29, 1.82) is 0 Å². The molecular formula is C17H20N4O3. The maximum atomic E-state index is 11.9. The lowest BCUT2D eigenvalue weighted by Crippen LogP contribution is -2.28. The van der Waals surface area contributed by atoms with E-state index in [1.807, 2.05) is 13.8 Å². The molecule has 0 saturated carbocycles. The Morgan fingerprint density at radius 3 is 2.54 bits per heavy atom. The first kappa shape index (κ1) is 17.4. The summed E-state index contributed by atoms with van der Waals surface area (Å²) in [5, 5.41) is 5.77. The Bertz CT molecular complexity index is 714. The van der Waals surface area contributed by atoms with Gasteiger partial charge < -0.3 is 15.4 Å². The minimum atomic E-state index is -0.448. The molecule has 0 aliphatic heterocycles. The molecule has 0 spiro atoms. The van der Waals surface area contributed by atoms with Gasteiger partial charge in [0, 0.05) is 6.54 Å². The van der Waals surface area contributed by atoms with E-state index in [1.54, 1.807) is 24.3 Å². The number of hydrogen-bond donors (Lipinski definition) is 2. The van der Waals surface area contributed by atoms with Crippen LogP contribution in [0.1, 0.15) is 34.7 Å². The number of aromatic nitrogens is 2. The monoisotopic (exact) mass is 328 g/mol. The van der Waals surface area contributed by atoms with Gasteiger partial charge >= 0.3 is 5.97 Å². The lowest BCUT2D eigenvalue weighted by atomic mass is 10.2. The molecule has 7 heteroatoms. The Kier molecular flexibility index (Phi) is 5.83. The summed E-state index contributed by atoms with van der Waals surface area (Å²) in [5.74, 6) is 0.0675. The minimum absolute atomic E-state index is 0.238. The molecule has 0 saturated heterocycles. The smallest absolute Gasteiger partial charge is 0.339 e. The highest BCUT2D eigenvalue weighted by Gasteiger charge is 2.12. The second-order valence-electron chi connectivity index (χ2n) is 5.55. The van der Waals surface area contributed by atoms with Gasteiger partial charge in [0.05, 0.1) is 30.8 Å². The molecule has 126 valence electrons. The van der Waals surface area contributed by atoms with Crippen molar-refractivity contribution in [2.45, 2.75) is 13.8 Å². The first-order valence-electron chi connectivity index (χ1n) is 7.56. The molecule has 0 radical (unpaired) electrons. The number of benzene rings is 1. The number of ether oxygens (including phenoxy) is 1. The van der Waals surface area contributed by atoms with E-state index in [0.717, 1.165) is 0 Å². The first-order chi connectivity index (χ1) is 11.5. The fraction of sp³-hybridized carbons (Fsp3) is 0.294. The standard InChI is InChI=1S/C17H20N4O3/c1-11(2)8-20-16(22)14-9-19-15(10-18-14)21-13-7-5-4-6-12(13)17(23)24-3/h4-7,9-11H,8H2,1-3H3,(H,19,21)(H,20,22). The van der Waals surface area contributed by atoms with E-state index in [9.17, 15) is 9.59 Å². The largest absolute Gasteiger partial charge is 0.465 e. The first-order valence-corrected chi connectivity index (χ1v) is 7.56. The van der Waals surface area contributed by atoms with Gasteiger partial charge in [0.25, 0.3) is 5.91 Å². The Labute approximate surface area is 140 Å². The molecule has 1 aromatic heterocycles. The Hall–Kier alpha value is -2.96. The van der Waals surface area contributed by atoms with Crippen LogP contribution in [0.3, 0.4) is 0 Å². The zero-order chi connectivity index (χ0) is 17.5. The van der Waals surface area contributed by atoms with Gasteiger partial charge in [-0.25, -0.2) is 14.8 Å². The number of carbonyl (C=O) groups is 2. The van der Waals surface area contributed by atoms with Gasteiger partial charge in [-0.15, -0.1) is 0 Å². The Balaban J connectivity index is 2.10. The zero-order valence-electron chi connectivity index (χ0n) is 13.9. The zero-order valence-corrected chi connectivity index (χ0v) is 13.9. The van der Waals surface area contributed by atoms with Crippen LogP contribution in [0.15, 0.2) is 36.7 Å². The maximum absolute atomic E-state index is 11.9. The molecule has 24 heavy (non-hydrogen) atoms. The van der Waals surface area contributed by atoms with E-state index >= 15 is 0 Å². The molecule has 0 atom stereocenters. The Morgan fingerprint density at radius 1 is 1.17 bits per heavy atom. The van der Waals surface area contributed by atoms with Gasteiger partial charge in [-0.3, -0.25) is 4.79 Å². The van der Waals surface area contributed by atoms with Gasteiger partial charge in [0.15, 0.2) is 0 Å². The van der Waals surface area contributed by atoms with Crippen molar-refractivity contribution in [2.75, 3.05) is 19.0 Å². The van der Waals surface area contributed by atoms with Crippen LogP contribution in [-0.4, -0.2) is 35.5 Å². The molecule has 0 bridgehead atoms. The fourth-order valence-corrected chi connectivity index (χ4v) is 1.92. The van der Waals surface area contributed by atoms with Crippen molar-refractivity contribution in [3.05, 3.63) is 47.9 Å². The molecule has 2 aromatic rings. The van der Waals surface area contributed by atoms with E-state index in [0.29, 0.717) is 29.5 Å². The van der Waals surface area contributed by atoms with E-state index in [1.165, 1.54) is 19.5 Å². The molecule has 1 heterocycles. The minimum Gasteiger partial charge on any atom is -0.465 e. The van der Waals surface area contributed by atoms with Gasteiger partial charge in [-0.2, -0.15) is 0 Å². The second kappa shape index (κ2) is 8.05. The topological polar surface area (TPSA) is 93.2 Å². The normalized spacial score (nSPS) is 10.3. The average molecular weight is 328 g/mol. The molecule has 0 aliphatic carbocycles. The summed E-state index contributed by atoms with van der Waals surface area (Å²) in [5.41, 5.74) is 1.18. The highest BCUT2D eigenvalue weighted by atomic mass is 16.5. The molecule has 7 nitrogen and oxygen atoms in total. The van der Waals surface area contributed by atoms with Crippen molar-refractivity contribution < 1.29 is 14.3 Å². The van der Waals surface area contributed by atoms with Crippen LogP contribution in [0.4, 0.5) is 11.5 Å². The van der Waals surface area contributed by atoms with Crippen LogP contribution < -0.4 is 10.6 Å². The van der Waals surface area contributed by atoms with Gasteiger partial charge in [0.2, 0.25) is 0 Å². The molecule has 2 N–H and O–H groups in total. The van der Waals surface area contributed by atoms with Crippen LogP contribution in [0.2, 0.25) is 0 Å². The molecule has 0 aliphatic rings. The summed E-state index contributed by atoms with van der Waals surface area (Å²) in [7, 11) is 1.32. The third-order valence-electron chi connectivity index (χ3n) is 3.15. The second-order valence-corrected chi connectivity index (χ2v) is 5.55. The number of para-hydroxylation sites is 1. The van der Waals surface area contributed by atoms with Crippen LogP contribution in [0, 0.1) is 5.92 Å². The van der Waals surface area contributed by atoms with Crippen LogP contribution in [-0.2, 0) is 4.74 Å². The quantitative estimate of drug-likeness (QED) is 0.791. The van der Waals surface area contributed by atoms with Crippen molar-refractivity contribution in [1.82, 2.24) is 15.3 Å². The van der Waals surface area contributed by atoms with Crippen LogP contribution in [0.25, 0.3) is 0 Å². The number of methoxy groups -OCH3 is 1. The average Bonchev–Trinajstić information content (AvgIpc) is 2.60. The number of carbonyl (C=O) groups excluding carboxylic acids is 2. The number of anilines is 2. The fourth-order valence-electron chi connectivity index (χ4n) is 1.92. The number of nitrogens with zero attached hydrogens (tertiary/aromatic N) is 2. The van der Waals surface area contributed by atoms with E-state index in [2.05, 4.69) is 20.6 Å². The molecule has 2 rings (SSSR count). The van der Waals surface area contributed by atoms with E-state index < -0.39 is 5.97 Å². The Morgan fingerprint density at radius 2 is 1.92 bits per heavy atom. The number of hydrogen-bond acceptors (Lipinski definition) is 6. The summed E-state index contributed by atoms with van der Waals surface area (Å²) in [4.78, 5) is 31.9. The van der Waals surface area contributed by atoms with E-state index in [-0.39, 0.29) is 11.6 Å². The summed E-state index contributed by atoms with van der Waals surface area (Å²) in [6.07, 6.45) is 2.83. The summed E-state index contributed by atoms with van der Waals surface area (Å²) >= 11 is 0. The summed E-state index contributed by atoms with van der Waals surface area (Å²) < 4.78 is 4.74. The van der Waals surface area contributed by atoms with Gasteiger partial charge in [0.1, 0.15) is 11.5 Å². The molecule has 1 aromatic carbocycles. The lowest BCUT2D eigenvalue weighted by molar-refractivity contribution is 0.0601. The SMILES string of the molecule is COC(=O)c1ccccc1Nc1cnc(C(=O)NCC(C)C)cn1. The predicted molar refractivity (Wildman–Crippen MR) is 90.3 cm³/mol. The van der Waals surface area contributed by atoms with Crippen LogP contribution in [0.5, 0.6) is 0 Å². The predicted octanol–water partition coefficient (Wildman–Crippen LogP) is 2.39. The third kappa shape index (κ3) is 4.52. The number of nitrogens with one attached hydrogen (secondary N) is 2. The highest BCUT2D eigenvalue weighted by Crippen LogP contribution is 2.19. The van der Waals surface area contributed by atoms with Gasteiger partial charge in [-0.1, -0.05) is 26.0 Å². The number of esters is 1. The van der Waals surface area contributed by atoms with Crippen LogP contribution >= 0.6 is 0 Å². The summed E-state index contributed by atoms with van der Waals surface area (Å²) in [6, 6.07) is 6.91. The van der Waals surface area contributed by atoms with Crippen molar-refractivity contribution >= 4 is 23.4 Å². The number of amides is 1. The lowest BCUT2D eigenvalue weighted by Gasteiger charge is -2.10. The molecular weight excluding hydrogens is 308 g/mol. The highest BCUT2D eigenvalue weighted by molar-refractivity contribution is 5.96. The number of rotatable bonds is 6. The van der Waals surface area contributed by atoms with Crippen molar-refractivity contribution in [2.24, 2.45) is 5.92 Å². The van der Waals surface area contributed by atoms with Crippen molar-refractivity contribution in [3.63, 3.8) is 0 Å². The van der Waals surface area contributed by atoms with Crippen molar-refractivity contribution in [3.8, 4) is 0 Å². The molecule has 0 fully saturated rings. The molecule has 0 unspecified atom stereocenters. The maximum Gasteiger partial charge on any atom is 0.339 e. The van der Waals surface area contributed by atoms with Gasteiger partial charge in [-0.05, 0) is 18.1 Å². The molecule has 1 amide bonds. The third-order valence-corrected chi connectivity index (χ3v) is 3.15. The van der Waals surface area contributed by atoms with E-state index in [4.69, 9.17) is 4.74 Å². The summed E-state index contributed by atoms with van der Waals surface area (Å²) in [6.45, 7) is 4.60.